The molecule has 3 aromatic rings. The number of aromatic nitrogens is 7. The number of nitrogens with zero attached hydrogens (tertiary/aromatic N) is 9. The molecule has 1 aliphatic heterocycles. The number of amides is 1. The van der Waals surface area contributed by atoms with Gasteiger partial charge in [0.25, 0.3) is 5.91 Å². The molecular weight excluding hydrogens is 576 g/mol. The average molecular weight is 623 g/mol. The molecule has 3 aromatic heterocycles. The van der Waals surface area contributed by atoms with Gasteiger partial charge in [-0.2, -0.15) is 0 Å². The van der Waals surface area contributed by atoms with Gasteiger partial charge in [-0.15, -0.1) is 5.10 Å². The Labute approximate surface area is 264 Å². The summed E-state index contributed by atoms with van der Waals surface area (Å²) in [6.07, 6.45) is 9.76. The Kier molecular flexibility index (Phi) is 11.5. The summed E-state index contributed by atoms with van der Waals surface area (Å²) in [7, 11) is 0. The number of ether oxygens (including phenoxy) is 2. The van der Waals surface area contributed by atoms with Crippen LogP contribution in [0, 0.1) is 5.41 Å². The smallest absolute Gasteiger partial charge is 0.254 e. The van der Waals surface area contributed by atoms with Crippen molar-refractivity contribution in [1.82, 2.24) is 40.2 Å². The minimum atomic E-state index is -0.346. The van der Waals surface area contributed by atoms with Crippen LogP contribution in [0.3, 0.4) is 0 Å². The first-order valence-corrected chi connectivity index (χ1v) is 15.4. The van der Waals surface area contributed by atoms with Crippen LogP contribution in [0.4, 0.5) is 11.9 Å². The molecule has 1 aliphatic rings. The summed E-state index contributed by atoms with van der Waals surface area (Å²) in [5, 5.41) is 11.3. The van der Waals surface area contributed by atoms with Gasteiger partial charge in [0.1, 0.15) is 5.78 Å². The fourth-order valence-corrected chi connectivity index (χ4v) is 4.43. The van der Waals surface area contributed by atoms with Crippen LogP contribution in [0.5, 0.6) is 0 Å². The number of ketones is 1. The van der Waals surface area contributed by atoms with Gasteiger partial charge in [-0.1, -0.05) is 26.0 Å². The van der Waals surface area contributed by atoms with Crippen LogP contribution in [0.15, 0.2) is 31.0 Å². The van der Waals surface area contributed by atoms with Crippen LogP contribution >= 0.6 is 0 Å². The highest BCUT2D eigenvalue weighted by molar-refractivity contribution is 5.93. The molecule has 1 fully saturated rings. The number of rotatable bonds is 14. The Balaban J connectivity index is 1.12. The standard InChI is InChI=1S/C31H46N10O4/c1-30(2,3)26(42)7-13-44-15-16-45-14-8-32-27(43)24-20-35-29(36-21-24)40-11-9-39(10-12-40)28-33-18-23(19-34-28)17-25-22-41(38-37-25)31(4,5)6/h18-22H,7-17H2,1-6H3,(H,32,43). The number of piperazine rings is 1. The van der Waals surface area contributed by atoms with E-state index in [9.17, 15) is 9.59 Å². The first kappa shape index (κ1) is 33.8. The zero-order chi connectivity index (χ0) is 32.5. The van der Waals surface area contributed by atoms with Crippen LogP contribution in [-0.2, 0) is 26.2 Å². The second-order valence-corrected chi connectivity index (χ2v) is 13.0. The molecule has 0 radical (unpaired) electrons. The molecule has 45 heavy (non-hydrogen) atoms. The summed E-state index contributed by atoms with van der Waals surface area (Å²) >= 11 is 0. The molecule has 244 valence electrons. The maximum atomic E-state index is 12.5. The quantitative estimate of drug-likeness (QED) is 0.263. The lowest BCUT2D eigenvalue weighted by Crippen LogP contribution is -2.47. The SMILES string of the molecule is CC(C)(C)C(=O)CCOCCOCCNC(=O)c1cnc(N2CCN(c3ncc(Cc4cn(C(C)(C)C)nn4)cn3)CC2)nc1. The molecule has 4 heterocycles. The highest BCUT2D eigenvalue weighted by atomic mass is 16.5. The van der Waals surface area contributed by atoms with Gasteiger partial charge >= 0.3 is 0 Å². The van der Waals surface area contributed by atoms with Gasteiger partial charge in [-0.25, -0.2) is 24.6 Å². The van der Waals surface area contributed by atoms with E-state index in [1.807, 2.05) is 44.0 Å². The number of hydrogen-bond donors (Lipinski definition) is 1. The van der Waals surface area contributed by atoms with Crippen LogP contribution in [-0.4, -0.2) is 106 Å². The fourth-order valence-electron chi connectivity index (χ4n) is 4.43. The molecule has 1 saturated heterocycles. The molecule has 0 aromatic carbocycles. The van der Waals surface area contributed by atoms with Crippen molar-refractivity contribution in [2.75, 3.05) is 69.0 Å². The molecule has 4 rings (SSSR count). The minimum absolute atomic E-state index is 0.111. The Hall–Kier alpha value is -4.04. The molecule has 0 bridgehead atoms. The largest absolute Gasteiger partial charge is 0.379 e. The average Bonchev–Trinajstić information content (AvgIpc) is 3.49. The van der Waals surface area contributed by atoms with Crippen LogP contribution in [0.2, 0.25) is 0 Å². The Morgan fingerprint density at radius 1 is 0.800 bits per heavy atom. The van der Waals surface area contributed by atoms with Gasteiger partial charge in [-0.05, 0) is 26.3 Å². The zero-order valence-electron chi connectivity index (χ0n) is 27.3. The molecule has 14 heteroatoms. The second-order valence-electron chi connectivity index (χ2n) is 13.0. The maximum Gasteiger partial charge on any atom is 0.254 e. The molecule has 1 amide bonds. The molecule has 0 spiro atoms. The van der Waals surface area contributed by atoms with Gasteiger partial charge < -0.3 is 24.6 Å². The number of carbonyl (C=O) groups is 2. The van der Waals surface area contributed by atoms with Gasteiger partial charge in [0.05, 0.1) is 43.2 Å². The lowest BCUT2D eigenvalue weighted by Gasteiger charge is -2.34. The van der Waals surface area contributed by atoms with Gasteiger partial charge in [0, 0.05) is 82.0 Å². The lowest BCUT2D eigenvalue weighted by atomic mass is 9.89. The van der Waals surface area contributed by atoms with Crippen molar-refractivity contribution in [2.24, 2.45) is 5.41 Å². The zero-order valence-corrected chi connectivity index (χ0v) is 27.3. The van der Waals surface area contributed by atoms with Crippen molar-refractivity contribution in [3.8, 4) is 0 Å². The van der Waals surface area contributed by atoms with Gasteiger partial charge in [-0.3, -0.25) is 9.59 Å². The topological polar surface area (TPSA) is 153 Å². The summed E-state index contributed by atoms with van der Waals surface area (Å²) in [6.45, 7) is 16.7. The summed E-state index contributed by atoms with van der Waals surface area (Å²) < 4.78 is 12.8. The highest BCUT2D eigenvalue weighted by Gasteiger charge is 2.22. The third-order valence-electron chi connectivity index (χ3n) is 7.26. The molecular formula is C31H46N10O4. The summed E-state index contributed by atoms with van der Waals surface area (Å²) in [5.41, 5.74) is 1.79. The summed E-state index contributed by atoms with van der Waals surface area (Å²) in [6, 6.07) is 0. The Morgan fingerprint density at radius 3 is 1.89 bits per heavy atom. The normalized spacial score (nSPS) is 14.1. The van der Waals surface area contributed by atoms with Crippen molar-refractivity contribution < 1.29 is 19.1 Å². The Morgan fingerprint density at radius 2 is 1.36 bits per heavy atom. The summed E-state index contributed by atoms with van der Waals surface area (Å²) in [5.74, 6) is 1.19. The first-order valence-electron chi connectivity index (χ1n) is 15.4. The third kappa shape index (κ3) is 10.2. The van der Waals surface area contributed by atoms with E-state index >= 15 is 0 Å². The maximum absolute atomic E-state index is 12.5. The molecule has 0 atom stereocenters. The Bertz CT molecular complexity index is 1370. The highest BCUT2D eigenvalue weighted by Crippen LogP contribution is 2.18. The fraction of sp³-hybridized carbons (Fsp3) is 0.613. The van der Waals surface area contributed by atoms with E-state index in [1.54, 1.807) is 12.4 Å². The van der Waals surface area contributed by atoms with E-state index in [4.69, 9.17) is 9.47 Å². The first-order chi connectivity index (χ1) is 21.4. The minimum Gasteiger partial charge on any atom is -0.379 e. The van der Waals surface area contributed by atoms with Crippen molar-refractivity contribution in [1.29, 1.82) is 0 Å². The van der Waals surface area contributed by atoms with Crippen molar-refractivity contribution in [2.45, 2.75) is 59.9 Å². The molecule has 1 N–H and O–H groups in total. The van der Waals surface area contributed by atoms with Gasteiger partial charge in [0.2, 0.25) is 11.9 Å². The molecule has 0 unspecified atom stereocenters. The van der Waals surface area contributed by atoms with E-state index < -0.39 is 0 Å². The van der Waals surface area contributed by atoms with Crippen molar-refractivity contribution in [3.05, 3.63) is 47.8 Å². The third-order valence-corrected chi connectivity index (χ3v) is 7.26. The van der Waals surface area contributed by atoms with E-state index in [2.05, 4.69) is 66.1 Å². The number of Topliss-reactive ketones (excluding diaryl/α,β-unsaturated/α-hetero) is 1. The number of carbonyl (C=O) groups excluding carboxylic acids is 2. The number of hydrogen-bond acceptors (Lipinski definition) is 12. The van der Waals surface area contributed by atoms with Crippen molar-refractivity contribution >= 4 is 23.6 Å². The predicted molar refractivity (Wildman–Crippen MR) is 169 cm³/mol. The molecule has 14 nitrogen and oxygen atoms in total. The van der Waals surface area contributed by atoms with Crippen molar-refractivity contribution in [3.63, 3.8) is 0 Å². The van der Waals surface area contributed by atoms with E-state index in [0.717, 1.165) is 24.3 Å². The summed E-state index contributed by atoms with van der Waals surface area (Å²) in [4.78, 5) is 46.6. The lowest BCUT2D eigenvalue weighted by molar-refractivity contribution is -0.127. The number of nitrogens with one attached hydrogen (secondary N) is 1. The van der Waals surface area contributed by atoms with E-state index in [-0.39, 0.29) is 22.6 Å². The van der Waals surface area contributed by atoms with Gasteiger partial charge in [0.15, 0.2) is 0 Å². The van der Waals surface area contributed by atoms with E-state index in [1.165, 1.54) is 0 Å². The monoisotopic (exact) mass is 622 g/mol. The van der Waals surface area contributed by atoms with Crippen LogP contribution in [0.1, 0.15) is 69.6 Å². The van der Waals surface area contributed by atoms with Crippen LogP contribution < -0.4 is 15.1 Å². The molecule has 0 saturated carbocycles. The van der Waals surface area contributed by atoms with E-state index in [0.29, 0.717) is 76.4 Å². The number of anilines is 2. The second kappa shape index (κ2) is 15.3. The molecule has 0 aliphatic carbocycles. The predicted octanol–water partition coefficient (Wildman–Crippen LogP) is 2.30. The van der Waals surface area contributed by atoms with Crippen LogP contribution in [0.25, 0.3) is 0 Å².